The minimum absolute atomic E-state index is 0.252. The molecule has 148 valence electrons. The molecule has 30 heavy (non-hydrogen) atoms. The number of hydrogen-bond acceptors (Lipinski definition) is 3. The highest BCUT2D eigenvalue weighted by molar-refractivity contribution is 6.23. The first kappa shape index (κ1) is 17.5. The van der Waals surface area contributed by atoms with Gasteiger partial charge in [0.15, 0.2) is 0 Å². The summed E-state index contributed by atoms with van der Waals surface area (Å²) in [4.78, 5) is 28.5. The molecular weight excluding hydrogens is 381 g/mol. The lowest BCUT2D eigenvalue weighted by Gasteiger charge is -2.53. The summed E-state index contributed by atoms with van der Waals surface area (Å²) in [6.07, 6.45) is 0. The van der Waals surface area contributed by atoms with Crippen LogP contribution in [0.25, 0.3) is 0 Å². The van der Waals surface area contributed by atoms with E-state index in [-0.39, 0.29) is 24.3 Å². The molecule has 3 aliphatic carbocycles. The van der Waals surface area contributed by atoms with Gasteiger partial charge in [0.05, 0.1) is 29.5 Å². The van der Waals surface area contributed by atoms with Gasteiger partial charge in [0, 0.05) is 5.92 Å². The molecule has 0 unspecified atom stereocenters. The first-order valence-electron chi connectivity index (χ1n) is 10.0. The van der Waals surface area contributed by atoms with Gasteiger partial charge in [0.2, 0.25) is 11.8 Å². The maximum absolute atomic E-state index is 13.7. The van der Waals surface area contributed by atoms with E-state index in [0.717, 1.165) is 22.3 Å². The van der Waals surface area contributed by atoms with E-state index in [0.29, 0.717) is 5.69 Å². The van der Waals surface area contributed by atoms with Crippen LogP contribution in [0.2, 0.25) is 0 Å². The van der Waals surface area contributed by atoms with E-state index in [4.69, 9.17) is 0 Å². The van der Waals surface area contributed by atoms with Crippen LogP contribution in [0.1, 0.15) is 28.2 Å². The number of imide groups is 1. The third-order valence-electron chi connectivity index (χ3n) is 7.13. The van der Waals surface area contributed by atoms with Crippen LogP contribution >= 0.6 is 0 Å². The fourth-order valence-electron chi connectivity index (χ4n) is 6.04. The lowest BCUT2D eigenvalue weighted by molar-refractivity contribution is -0.124. The molecule has 0 radical (unpaired) electrons. The molecule has 4 aliphatic rings. The Morgan fingerprint density at radius 2 is 1.40 bits per heavy atom. The Labute approximate surface area is 172 Å². The second-order valence-corrected chi connectivity index (χ2v) is 8.27. The summed E-state index contributed by atoms with van der Waals surface area (Å²) in [6.45, 7) is -0.273. The number of aliphatic hydroxyl groups is 1. The van der Waals surface area contributed by atoms with Crippen molar-refractivity contribution in [3.63, 3.8) is 0 Å². The van der Waals surface area contributed by atoms with Gasteiger partial charge in [-0.3, -0.25) is 9.59 Å². The average molecular weight is 399 g/mol. The second kappa shape index (κ2) is 5.86. The molecular formula is C25H18FNO3. The summed E-state index contributed by atoms with van der Waals surface area (Å²) in [6, 6.07) is 21.0. The van der Waals surface area contributed by atoms with Gasteiger partial charge in [-0.1, -0.05) is 48.5 Å². The summed E-state index contributed by atoms with van der Waals surface area (Å²) in [7, 11) is 0. The average Bonchev–Trinajstić information content (AvgIpc) is 3.05. The minimum atomic E-state index is -0.978. The van der Waals surface area contributed by atoms with Gasteiger partial charge in [0.25, 0.3) is 0 Å². The molecule has 4 nitrogen and oxygen atoms in total. The zero-order valence-electron chi connectivity index (χ0n) is 16.0. The molecule has 7 rings (SSSR count). The van der Waals surface area contributed by atoms with Gasteiger partial charge in [-0.05, 0) is 46.5 Å². The monoisotopic (exact) mass is 399 g/mol. The van der Waals surface area contributed by atoms with Crippen LogP contribution in [-0.2, 0) is 15.0 Å². The molecule has 5 heteroatoms. The minimum Gasteiger partial charge on any atom is -0.395 e. The van der Waals surface area contributed by atoms with Crippen molar-refractivity contribution in [2.75, 3.05) is 11.5 Å². The van der Waals surface area contributed by atoms with Crippen LogP contribution < -0.4 is 4.90 Å². The van der Waals surface area contributed by atoms with E-state index in [1.165, 1.54) is 29.2 Å². The molecule has 1 N–H and O–H groups in total. The molecule has 1 fully saturated rings. The van der Waals surface area contributed by atoms with E-state index >= 15 is 0 Å². The number of nitrogens with zero attached hydrogens (tertiary/aromatic N) is 1. The highest BCUT2D eigenvalue weighted by Gasteiger charge is 2.68. The fraction of sp³-hybridized carbons (Fsp3) is 0.200. The summed E-state index contributed by atoms with van der Waals surface area (Å²) in [5.74, 6) is -2.60. The number of amides is 2. The number of rotatable bonds is 2. The number of carbonyl (C=O) groups is 2. The molecule has 0 aromatic heterocycles. The Hall–Kier alpha value is -3.31. The molecule has 1 saturated heterocycles. The van der Waals surface area contributed by atoms with E-state index in [9.17, 15) is 19.1 Å². The van der Waals surface area contributed by atoms with Gasteiger partial charge >= 0.3 is 0 Å². The Balaban J connectivity index is 1.63. The van der Waals surface area contributed by atoms with E-state index < -0.39 is 23.1 Å². The topological polar surface area (TPSA) is 57.6 Å². The van der Waals surface area contributed by atoms with Crippen molar-refractivity contribution >= 4 is 17.5 Å². The summed E-state index contributed by atoms with van der Waals surface area (Å²) in [5, 5.41) is 10.8. The largest absolute Gasteiger partial charge is 0.395 e. The van der Waals surface area contributed by atoms with Crippen molar-refractivity contribution < 1.29 is 19.1 Å². The lowest BCUT2D eigenvalue weighted by Crippen LogP contribution is -2.55. The zero-order chi connectivity index (χ0) is 20.6. The quantitative estimate of drug-likeness (QED) is 0.673. The predicted molar refractivity (Wildman–Crippen MR) is 108 cm³/mol. The lowest BCUT2D eigenvalue weighted by atomic mass is 9.47. The number of benzene rings is 3. The third-order valence-corrected chi connectivity index (χ3v) is 7.13. The van der Waals surface area contributed by atoms with E-state index in [1.807, 2.05) is 48.5 Å². The number of aliphatic hydroxyl groups excluding tert-OH is 1. The maximum Gasteiger partial charge on any atom is 0.239 e. The van der Waals surface area contributed by atoms with Crippen LogP contribution in [0, 0.1) is 17.7 Å². The molecule has 0 spiro atoms. The van der Waals surface area contributed by atoms with Crippen LogP contribution in [0.15, 0.2) is 72.8 Å². The van der Waals surface area contributed by atoms with Gasteiger partial charge < -0.3 is 5.11 Å². The highest BCUT2D eigenvalue weighted by Crippen LogP contribution is 2.64. The molecule has 3 aromatic carbocycles. The van der Waals surface area contributed by atoms with Gasteiger partial charge in [-0.15, -0.1) is 0 Å². The van der Waals surface area contributed by atoms with Gasteiger partial charge in [0.1, 0.15) is 5.82 Å². The maximum atomic E-state index is 13.7. The Morgan fingerprint density at radius 3 is 1.97 bits per heavy atom. The predicted octanol–water partition coefficient (Wildman–Crippen LogP) is 3.37. The van der Waals surface area contributed by atoms with Crippen LogP contribution in [-0.4, -0.2) is 23.5 Å². The van der Waals surface area contributed by atoms with Crippen molar-refractivity contribution in [2.45, 2.75) is 11.3 Å². The van der Waals surface area contributed by atoms with Crippen molar-refractivity contribution in [3.8, 4) is 0 Å². The smallest absolute Gasteiger partial charge is 0.239 e. The Morgan fingerprint density at radius 1 is 0.833 bits per heavy atom. The van der Waals surface area contributed by atoms with E-state index in [1.54, 1.807) is 0 Å². The number of anilines is 1. The fourth-order valence-corrected chi connectivity index (χ4v) is 6.04. The first-order chi connectivity index (χ1) is 14.6. The molecule has 0 saturated carbocycles. The molecule has 2 atom stereocenters. The van der Waals surface area contributed by atoms with Gasteiger partial charge in [-0.25, -0.2) is 9.29 Å². The number of carbonyl (C=O) groups excluding carboxylic acids is 2. The van der Waals surface area contributed by atoms with Crippen molar-refractivity contribution in [2.24, 2.45) is 11.8 Å². The highest BCUT2D eigenvalue weighted by atomic mass is 19.1. The number of halogens is 1. The number of hydrogen-bond donors (Lipinski definition) is 1. The Kier molecular flexibility index (Phi) is 3.43. The molecule has 2 amide bonds. The van der Waals surface area contributed by atoms with Crippen molar-refractivity contribution in [1.82, 2.24) is 0 Å². The normalized spacial score (nSPS) is 28.3. The zero-order valence-corrected chi connectivity index (χ0v) is 16.0. The van der Waals surface area contributed by atoms with Gasteiger partial charge in [-0.2, -0.15) is 0 Å². The Bertz CT molecular complexity index is 1170. The SMILES string of the molecule is O=C1[C@H]2C3c4ccccc4C(CO)(c4ccccc43)[C@H]2C(=O)N1c1ccc(F)cc1. The van der Waals surface area contributed by atoms with Crippen molar-refractivity contribution in [1.29, 1.82) is 0 Å². The molecule has 1 heterocycles. The summed E-state index contributed by atoms with van der Waals surface area (Å²) in [5.41, 5.74) is 3.21. The molecule has 1 aliphatic heterocycles. The third kappa shape index (κ3) is 1.89. The summed E-state index contributed by atoms with van der Waals surface area (Å²) >= 11 is 0. The molecule has 2 bridgehead atoms. The first-order valence-corrected chi connectivity index (χ1v) is 10.0. The van der Waals surface area contributed by atoms with Crippen LogP contribution in [0.5, 0.6) is 0 Å². The molecule has 3 aromatic rings. The van der Waals surface area contributed by atoms with Crippen molar-refractivity contribution in [3.05, 3.63) is 101 Å². The standard InChI is InChI=1S/C25H18FNO3/c26-14-9-11-15(12-10-14)27-23(29)21-20-16-5-1-3-7-18(16)25(13-28,22(21)24(27)30)19-8-4-2-6-17(19)20/h1-12,20-22,28H,13H2/t20?,21-,22+,25?/m0/s1. The van der Waals surface area contributed by atoms with Crippen LogP contribution in [0.3, 0.4) is 0 Å². The van der Waals surface area contributed by atoms with Crippen LogP contribution in [0.4, 0.5) is 10.1 Å². The van der Waals surface area contributed by atoms with E-state index in [2.05, 4.69) is 0 Å². The second-order valence-electron chi connectivity index (χ2n) is 8.27. The summed E-state index contributed by atoms with van der Waals surface area (Å²) < 4.78 is 13.5.